The van der Waals surface area contributed by atoms with Gasteiger partial charge in [0.25, 0.3) is 11.8 Å². The largest absolute Gasteiger partial charge is 0.493 e. The van der Waals surface area contributed by atoms with Gasteiger partial charge in [0.2, 0.25) is 0 Å². The zero-order valence-electron chi connectivity index (χ0n) is 19.4. The molecule has 8 heteroatoms. The van der Waals surface area contributed by atoms with Crippen LogP contribution in [-0.4, -0.2) is 44.5 Å². The SMILES string of the molecule is COc1cc(C(=O)NCc2ccccc2CN(C)C)ccc1OCC(=O)Nc1ccc(F)cc1. The Morgan fingerprint density at radius 2 is 1.65 bits per heavy atom. The summed E-state index contributed by atoms with van der Waals surface area (Å²) in [6, 6.07) is 18.1. The zero-order chi connectivity index (χ0) is 24.5. The molecule has 2 amide bonds. The number of carbonyl (C=O) groups excluding carboxylic acids is 2. The van der Waals surface area contributed by atoms with Crippen LogP contribution in [0.2, 0.25) is 0 Å². The van der Waals surface area contributed by atoms with E-state index in [1.807, 2.05) is 38.4 Å². The topological polar surface area (TPSA) is 79.9 Å². The summed E-state index contributed by atoms with van der Waals surface area (Å²) in [5.74, 6) is -0.397. The van der Waals surface area contributed by atoms with Gasteiger partial charge in [0.05, 0.1) is 7.11 Å². The Hall–Kier alpha value is -3.91. The van der Waals surface area contributed by atoms with Gasteiger partial charge in [-0.15, -0.1) is 0 Å². The van der Waals surface area contributed by atoms with Crippen LogP contribution in [0.1, 0.15) is 21.5 Å². The molecule has 0 radical (unpaired) electrons. The van der Waals surface area contributed by atoms with E-state index in [-0.39, 0.29) is 18.3 Å². The Morgan fingerprint density at radius 1 is 0.941 bits per heavy atom. The lowest BCUT2D eigenvalue weighted by Gasteiger charge is -2.15. The Bertz CT molecular complexity index is 1130. The van der Waals surface area contributed by atoms with E-state index in [4.69, 9.17) is 9.47 Å². The summed E-state index contributed by atoms with van der Waals surface area (Å²) in [6.07, 6.45) is 0. The van der Waals surface area contributed by atoms with Crippen LogP contribution in [0.5, 0.6) is 11.5 Å². The number of benzene rings is 3. The average Bonchev–Trinajstić information content (AvgIpc) is 2.83. The highest BCUT2D eigenvalue weighted by Crippen LogP contribution is 2.28. The molecule has 0 saturated heterocycles. The van der Waals surface area contributed by atoms with Crippen molar-refractivity contribution in [3.63, 3.8) is 0 Å². The number of nitrogens with one attached hydrogen (secondary N) is 2. The summed E-state index contributed by atoms with van der Waals surface area (Å²) < 4.78 is 23.9. The third kappa shape index (κ3) is 7.05. The molecular weight excluding hydrogens is 437 g/mol. The summed E-state index contributed by atoms with van der Waals surface area (Å²) in [5, 5.41) is 5.55. The zero-order valence-corrected chi connectivity index (χ0v) is 19.4. The number of hydrogen-bond acceptors (Lipinski definition) is 5. The van der Waals surface area contributed by atoms with Gasteiger partial charge in [-0.05, 0) is 67.7 Å². The van der Waals surface area contributed by atoms with Crippen LogP contribution < -0.4 is 20.1 Å². The lowest BCUT2D eigenvalue weighted by Crippen LogP contribution is -2.24. The van der Waals surface area contributed by atoms with E-state index in [9.17, 15) is 14.0 Å². The molecule has 0 atom stereocenters. The maximum absolute atomic E-state index is 13.0. The van der Waals surface area contributed by atoms with Crippen molar-refractivity contribution < 1.29 is 23.5 Å². The van der Waals surface area contributed by atoms with E-state index in [0.29, 0.717) is 29.3 Å². The van der Waals surface area contributed by atoms with Crippen LogP contribution in [0.15, 0.2) is 66.7 Å². The molecule has 3 aromatic carbocycles. The predicted molar refractivity (Wildman–Crippen MR) is 129 cm³/mol. The van der Waals surface area contributed by atoms with E-state index < -0.39 is 5.91 Å². The molecule has 0 fully saturated rings. The molecule has 0 saturated carbocycles. The Labute approximate surface area is 198 Å². The third-order valence-corrected chi connectivity index (χ3v) is 4.96. The number of rotatable bonds is 10. The van der Waals surface area contributed by atoms with Gasteiger partial charge in [-0.25, -0.2) is 4.39 Å². The molecule has 0 heterocycles. The first-order valence-corrected chi connectivity index (χ1v) is 10.7. The quantitative estimate of drug-likeness (QED) is 0.476. The maximum Gasteiger partial charge on any atom is 0.262 e. The second-order valence-electron chi connectivity index (χ2n) is 7.90. The van der Waals surface area contributed by atoms with E-state index in [2.05, 4.69) is 15.5 Å². The highest BCUT2D eigenvalue weighted by atomic mass is 19.1. The van der Waals surface area contributed by atoms with Gasteiger partial charge in [0.15, 0.2) is 18.1 Å². The van der Waals surface area contributed by atoms with Crippen molar-refractivity contribution >= 4 is 17.5 Å². The first-order chi connectivity index (χ1) is 16.4. The van der Waals surface area contributed by atoms with Crippen molar-refractivity contribution in [2.45, 2.75) is 13.1 Å². The normalized spacial score (nSPS) is 10.6. The van der Waals surface area contributed by atoms with Gasteiger partial charge in [0, 0.05) is 24.3 Å². The monoisotopic (exact) mass is 465 g/mol. The summed E-state index contributed by atoms with van der Waals surface area (Å²) in [4.78, 5) is 26.9. The van der Waals surface area contributed by atoms with E-state index in [1.165, 1.54) is 31.4 Å². The third-order valence-electron chi connectivity index (χ3n) is 4.96. The number of ether oxygens (including phenoxy) is 2. The highest BCUT2D eigenvalue weighted by Gasteiger charge is 2.13. The highest BCUT2D eigenvalue weighted by molar-refractivity contribution is 5.95. The first-order valence-electron chi connectivity index (χ1n) is 10.7. The summed E-state index contributed by atoms with van der Waals surface area (Å²) >= 11 is 0. The Balaban J connectivity index is 1.59. The van der Waals surface area contributed by atoms with Crippen molar-refractivity contribution in [2.24, 2.45) is 0 Å². The Kier molecular flexibility index (Phi) is 8.59. The number of amides is 2. The molecule has 0 spiro atoms. The van der Waals surface area contributed by atoms with Crippen LogP contribution >= 0.6 is 0 Å². The van der Waals surface area contributed by atoms with Gasteiger partial charge in [-0.3, -0.25) is 9.59 Å². The minimum absolute atomic E-state index is 0.251. The molecule has 0 unspecified atom stereocenters. The molecule has 178 valence electrons. The van der Waals surface area contributed by atoms with E-state index in [1.54, 1.807) is 18.2 Å². The van der Waals surface area contributed by atoms with Crippen LogP contribution in [-0.2, 0) is 17.9 Å². The minimum atomic E-state index is -0.410. The molecule has 2 N–H and O–H groups in total. The molecule has 7 nitrogen and oxygen atoms in total. The minimum Gasteiger partial charge on any atom is -0.493 e. The second-order valence-corrected chi connectivity index (χ2v) is 7.90. The molecule has 3 rings (SSSR count). The second kappa shape index (κ2) is 11.8. The van der Waals surface area contributed by atoms with Crippen molar-refractivity contribution in [2.75, 3.05) is 33.1 Å². The number of nitrogens with zero attached hydrogens (tertiary/aromatic N) is 1. The first kappa shape index (κ1) is 24.7. The van der Waals surface area contributed by atoms with Crippen LogP contribution in [0.25, 0.3) is 0 Å². The standard InChI is InChI=1S/C26H28FN3O4/c1-30(2)16-20-7-5-4-6-19(20)15-28-26(32)18-8-13-23(24(14-18)33-3)34-17-25(31)29-22-11-9-21(27)10-12-22/h4-14H,15-17H2,1-3H3,(H,28,32)(H,29,31). The van der Waals surface area contributed by atoms with Crippen LogP contribution in [0.3, 0.4) is 0 Å². The average molecular weight is 466 g/mol. The molecule has 0 bridgehead atoms. The fraction of sp³-hybridized carbons (Fsp3) is 0.231. The number of hydrogen-bond donors (Lipinski definition) is 2. The van der Waals surface area contributed by atoms with Crippen LogP contribution in [0, 0.1) is 5.82 Å². The summed E-state index contributed by atoms with van der Waals surface area (Å²) in [6.45, 7) is 0.898. The van der Waals surface area contributed by atoms with Gasteiger partial charge in [-0.2, -0.15) is 0 Å². The number of carbonyl (C=O) groups is 2. The van der Waals surface area contributed by atoms with Gasteiger partial charge in [0.1, 0.15) is 5.82 Å². The predicted octanol–water partition coefficient (Wildman–Crippen LogP) is 3.84. The molecule has 3 aromatic rings. The Morgan fingerprint density at radius 3 is 2.32 bits per heavy atom. The van der Waals surface area contributed by atoms with Gasteiger partial charge < -0.3 is 25.0 Å². The fourth-order valence-electron chi connectivity index (χ4n) is 3.30. The maximum atomic E-state index is 13.0. The van der Waals surface area contributed by atoms with Gasteiger partial charge in [-0.1, -0.05) is 24.3 Å². The lowest BCUT2D eigenvalue weighted by atomic mass is 10.1. The number of anilines is 1. The molecule has 34 heavy (non-hydrogen) atoms. The molecule has 0 aliphatic rings. The van der Waals surface area contributed by atoms with Crippen molar-refractivity contribution in [3.8, 4) is 11.5 Å². The number of halogens is 1. The van der Waals surface area contributed by atoms with Gasteiger partial charge >= 0.3 is 0 Å². The van der Waals surface area contributed by atoms with E-state index in [0.717, 1.165) is 17.7 Å². The van der Waals surface area contributed by atoms with Crippen LogP contribution in [0.4, 0.5) is 10.1 Å². The smallest absolute Gasteiger partial charge is 0.262 e. The summed E-state index contributed by atoms with van der Waals surface area (Å²) in [7, 11) is 5.45. The molecule has 0 aromatic heterocycles. The number of methoxy groups -OCH3 is 1. The fourth-order valence-corrected chi connectivity index (χ4v) is 3.30. The lowest BCUT2D eigenvalue weighted by molar-refractivity contribution is -0.118. The van der Waals surface area contributed by atoms with Crippen molar-refractivity contribution in [1.29, 1.82) is 0 Å². The molecule has 0 aliphatic carbocycles. The molecule has 0 aliphatic heterocycles. The van der Waals surface area contributed by atoms with Crippen molar-refractivity contribution in [1.82, 2.24) is 10.2 Å². The van der Waals surface area contributed by atoms with Crippen molar-refractivity contribution in [3.05, 3.63) is 89.2 Å². The summed E-state index contributed by atoms with van der Waals surface area (Å²) in [5.41, 5.74) is 3.06. The van der Waals surface area contributed by atoms with E-state index >= 15 is 0 Å². The molecular formula is C26H28FN3O4.